The van der Waals surface area contributed by atoms with E-state index in [1.165, 1.54) is 0 Å². The Morgan fingerprint density at radius 3 is 2.09 bits per heavy atom. The van der Waals surface area contributed by atoms with Crippen LogP contribution in [-0.2, 0) is 0 Å². The molecule has 34 heavy (non-hydrogen) atoms. The number of hydrogen-bond donors (Lipinski definition) is 0. The van der Waals surface area contributed by atoms with Crippen LogP contribution in [0, 0.1) is 13.8 Å². The minimum atomic E-state index is -0.153. The third-order valence-electron chi connectivity index (χ3n) is 5.21. The van der Waals surface area contributed by atoms with Crippen molar-refractivity contribution in [2.75, 3.05) is 51.9 Å². The van der Waals surface area contributed by atoms with E-state index >= 15 is 0 Å². The van der Waals surface area contributed by atoms with Gasteiger partial charge >= 0.3 is 0 Å². The molecule has 0 saturated heterocycles. The standard InChI is InChI=1S/C26H35N3O4S/c1-8-31-21-15-19(16-22(32-9-2)23(21)33-10-3)25(30)29(12-11-28(6)7)26-27-20-14-17(4)13-18(5)24(20)34-26/h13-16H,8-12H2,1-7H3. The fourth-order valence-corrected chi connectivity index (χ4v) is 4.77. The molecule has 8 heteroatoms. The second-order valence-corrected chi connectivity index (χ2v) is 9.26. The Morgan fingerprint density at radius 2 is 1.53 bits per heavy atom. The van der Waals surface area contributed by atoms with Gasteiger partial charge in [0, 0.05) is 18.7 Å². The lowest BCUT2D eigenvalue weighted by Crippen LogP contribution is -2.36. The summed E-state index contributed by atoms with van der Waals surface area (Å²) in [5.41, 5.74) is 3.71. The summed E-state index contributed by atoms with van der Waals surface area (Å²) >= 11 is 1.54. The van der Waals surface area contributed by atoms with E-state index in [9.17, 15) is 4.79 Å². The van der Waals surface area contributed by atoms with Crippen molar-refractivity contribution in [3.63, 3.8) is 0 Å². The number of aromatic nitrogens is 1. The van der Waals surface area contributed by atoms with Crippen LogP contribution in [0.5, 0.6) is 17.2 Å². The number of aryl methyl sites for hydroxylation is 2. The highest BCUT2D eigenvalue weighted by molar-refractivity contribution is 7.22. The SMILES string of the molecule is CCOc1cc(C(=O)N(CCN(C)C)c2nc3cc(C)cc(C)c3s2)cc(OCC)c1OCC. The first-order chi connectivity index (χ1) is 16.3. The molecule has 0 aliphatic rings. The molecular weight excluding hydrogens is 450 g/mol. The quantitative estimate of drug-likeness (QED) is 0.366. The summed E-state index contributed by atoms with van der Waals surface area (Å²) in [7, 11) is 3.98. The number of anilines is 1. The van der Waals surface area contributed by atoms with Crippen LogP contribution in [0.2, 0.25) is 0 Å². The number of nitrogens with zero attached hydrogens (tertiary/aromatic N) is 3. The zero-order valence-electron chi connectivity index (χ0n) is 21.2. The molecular formula is C26H35N3O4S. The van der Waals surface area contributed by atoms with Crippen molar-refractivity contribution in [1.82, 2.24) is 9.88 Å². The van der Waals surface area contributed by atoms with Gasteiger partial charge in [-0.2, -0.15) is 0 Å². The number of hydrogen-bond acceptors (Lipinski definition) is 7. The Bertz CT molecular complexity index is 1120. The topological polar surface area (TPSA) is 64.1 Å². The summed E-state index contributed by atoms with van der Waals surface area (Å²) in [5.74, 6) is 1.37. The van der Waals surface area contributed by atoms with Gasteiger partial charge in [-0.25, -0.2) is 4.98 Å². The number of ether oxygens (including phenoxy) is 3. The lowest BCUT2D eigenvalue weighted by atomic mass is 10.1. The maximum atomic E-state index is 13.9. The first kappa shape index (κ1) is 25.8. The van der Waals surface area contributed by atoms with Gasteiger partial charge in [-0.3, -0.25) is 9.69 Å². The second kappa shape index (κ2) is 11.5. The summed E-state index contributed by atoms with van der Waals surface area (Å²) in [6.45, 7) is 12.4. The zero-order valence-corrected chi connectivity index (χ0v) is 22.0. The molecule has 184 valence electrons. The van der Waals surface area contributed by atoms with Crippen LogP contribution in [0.25, 0.3) is 10.2 Å². The summed E-state index contributed by atoms with van der Waals surface area (Å²) in [6, 6.07) is 7.69. The van der Waals surface area contributed by atoms with Gasteiger partial charge in [-0.1, -0.05) is 17.4 Å². The van der Waals surface area contributed by atoms with Gasteiger partial charge in [0.25, 0.3) is 5.91 Å². The molecule has 2 aromatic carbocycles. The monoisotopic (exact) mass is 485 g/mol. The Morgan fingerprint density at radius 1 is 0.912 bits per heavy atom. The summed E-state index contributed by atoms with van der Waals surface area (Å²) in [5, 5.41) is 0.681. The molecule has 0 atom stereocenters. The molecule has 0 radical (unpaired) electrons. The second-order valence-electron chi connectivity index (χ2n) is 8.29. The minimum absolute atomic E-state index is 0.153. The number of amides is 1. The number of carbonyl (C=O) groups is 1. The van der Waals surface area contributed by atoms with Gasteiger partial charge in [0.2, 0.25) is 5.75 Å². The van der Waals surface area contributed by atoms with E-state index in [2.05, 4.69) is 30.9 Å². The van der Waals surface area contributed by atoms with Crippen molar-refractivity contribution >= 4 is 32.6 Å². The van der Waals surface area contributed by atoms with Crippen molar-refractivity contribution in [2.24, 2.45) is 0 Å². The third-order valence-corrected chi connectivity index (χ3v) is 6.44. The maximum Gasteiger partial charge on any atom is 0.260 e. The highest BCUT2D eigenvalue weighted by Crippen LogP contribution is 2.40. The molecule has 1 amide bonds. The molecule has 0 aliphatic carbocycles. The number of rotatable bonds is 11. The Kier molecular flexibility index (Phi) is 8.74. The van der Waals surface area contributed by atoms with Gasteiger partial charge in [-0.05, 0) is 78.0 Å². The Labute approximate surface area is 206 Å². The average Bonchev–Trinajstić information content (AvgIpc) is 3.20. The molecule has 0 bridgehead atoms. The largest absolute Gasteiger partial charge is 0.490 e. The lowest BCUT2D eigenvalue weighted by molar-refractivity contribution is 0.0984. The molecule has 3 rings (SSSR count). The van der Waals surface area contributed by atoms with E-state index in [1.54, 1.807) is 28.4 Å². The van der Waals surface area contributed by atoms with Crippen LogP contribution in [0.1, 0.15) is 42.3 Å². The first-order valence-corrected chi connectivity index (χ1v) is 12.5. The molecule has 1 heterocycles. The van der Waals surface area contributed by atoms with Gasteiger partial charge in [0.1, 0.15) is 0 Å². The molecule has 7 nitrogen and oxygen atoms in total. The fourth-order valence-electron chi connectivity index (χ4n) is 3.73. The van der Waals surface area contributed by atoms with Crippen LogP contribution in [0.15, 0.2) is 24.3 Å². The van der Waals surface area contributed by atoms with Crippen molar-refractivity contribution in [2.45, 2.75) is 34.6 Å². The summed E-state index contributed by atoms with van der Waals surface area (Å²) in [6.07, 6.45) is 0. The normalized spacial score (nSPS) is 11.2. The minimum Gasteiger partial charge on any atom is -0.490 e. The number of benzene rings is 2. The van der Waals surface area contributed by atoms with Crippen LogP contribution in [0.4, 0.5) is 5.13 Å². The Hall–Kier alpha value is -2.84. The van der Waals surface area contributed by atoms with E-state index in [1.807, 2.05) is 34.9 Å². The fraction of sp³-hybridized carbons (Fsp3) is 0.462. The number of carbonyl (C=O) groups excluding carboxylic acids is 1. The van der Waals surface area contributed by atoms with Crippen LogP contribution < -0.4 is 19.1 Å². The van der Waals surface area contributed by atoms with Crippen molar-refractivity contribution in [1.29, 1.82) is 0 Å². The number of fused-ring (bicyclic) bond motifs is 1. The highest BCUT2D eigenvalue weighted by Gasteiger charge is 2.25. The van der Waals surface area contributed by atoms with Crippen molar-refractivity contribution in [3.8, 4) is 17.2 Å². The predicted octanol–water partition coefficient (Wildman–Crippen LogP) is 5.32. The van der Waals surface area contributed by atoms with E-state index in [4.69, 9.17) is 19.2 Å². The first-order valence-electron chi connectivity index (χ1n) is 11.7. The van der Waals surface area contributed by atoms with Gasteiger partial charge in [-0.15, -0.1) is 0 Å². The van der Waals surface area contributed by atoms with E-state index < -0.39 is 0 Å². The van der Waals surface area contributed by atoms with Gasteiger partial charge < -0.3 is 19.1 Å². The van der Waals surface area contributed by atoms with Crippen LogP contribution in [0.3, 0.4) is 0 Å². The summed E-state index contributed by atoms with van der Waals surface area (Å²) < 4.78 is 18.6. The van der Waals surface area contributed by atoms with Crippen LogP contribution in [-0.4, -0.2) is 62.8 Å². The Balaban J connectivity index is 2.10. The van der Waals surface area contributed by atoms with Crippen molar-refractivity contribution in [3.05, 3.63) is 41.0 Å². The molecule has 0 fully saturated rings. The van der Waals surface area contributed by atoms with Gasteiger partial charge in [0.05, 0.1) is 30.0 Å². The third kappa shape index (κ3) is 5.80. The number of likely N-dealkylation sites (N-methyl/N-ethyl adjacent to an activating group) is 1. The van der Waals surface area contributed by atoms with Gasteiger partial charge in [0.15, 0.2) is 16.6 Å². The molecule has 1 aromatic heterocycles. The summed E-state index contributed by atoms with van der Waals surface area (Å²) in [4.78, 5) is 22.5. The van der Waals surface area contributed by atoms with E-state index in [-0.39, 0.29) is 5.91 Å². The number of thiazole rings is 1. The highest BCUT2D eigenvalue weighted by atomic mass is 32.1. The molecule has 0 saturated carbocycles. The lowest BCUT2D eigenvalue weighted by Gasteiger charge is -2.23. The molecule has 0 N–H and O–H groups in total. The van der Waals surface area contributed by atoms with E-state index in [0.29, 0.717) is 60.9 Å². The zero-order chi connectivity index (χ0) is 24.8. The van der Waals surface area contributed by atoms with Crippen molar-refractivity contribution < 1.29 is 19.0 Å². The molecule has 0 unspecified atom stereocenters. The predicted molar refractivity (Wildman–Crippen MR) is 139 cm³/mol. The average molecular weight is 486 g/mol. The molecule has 3 aromatic rings. The smallest absolute Gasteiger partial charge is 0.260 e. The van der Waals surface area contributed by atoms with E-state index in [0.717, 1.165) is 21.3 Å². The molecule has 0 spiro atoms. The van der Waals surface area contributed by atoms with Crippen LogP contribution >= 0.6 is 11.3 Å². The maximum absolute atomic E-state index is 13.9. The molecule has 0 aliphatic heterocycles.